The summed E-state index contributed by atoms with van der Waals surface area (Å²) >= 11 is 0. The predicted octanol–water partition coefficient (Wildman–Crippen LogP) is 4.24. The Morgan fingerprint density at radius 2 is 1.94 bits per heavy atom. The molecule has 2 rings (SSSR count). The number of hydrogen-bond acceptors (Lipinski definition) is 1. The highest BCUT2D eigenvalue weighted by molar-refractivity contribution is 5.85. The number of H-pyrrole nitrogens is 1. The van der Waals surface area contributed by atoms with Gasteiger partial charge in [-0.2, -0.15) is 0 Å². The summed E-state index contributed by atoms with van der Waals surface area (Å²) in [7, 11) is 0. The molecule has 1 unspecified atom stereocenters. The zero-order valence-electron chi connectivity index (χ0n) is 9.82. The molecule has 0 fully saturated rings. The molecule has 0 aliphatic carbocycles. The number of aromatic amines is 1. The van der Waals surface area contributed by atoms with Crippen molar-refractivity contribution < 1.29 is 0 Å². The fraction of sp³-hybridized carbons (Fsp3) is 0.357. The van der Waals surface area contributed by atoms with Crippen LogP contribution in [0.4, 0.5) is 0 Å². The summed E-state index contributed by atoms with van der Waals surface area (Å²) in [5.41, 5.74) is 5.27. The quantitative estimate of drug-likeness (QED) is 0.851. The third-order valence-corrected chi connectivity index (χ3v) is 3.10. The van der Waals surface area contributed by atoms with Gasteiger partial charge in [-0.3, -0.25) is 0 Å². The molecule has 2 aromatic rings. The van der Waals surface area contributed by atoms with Gasteiger partial charge in [-0.15, -0.1) is 12.4 Å². The molecule has 0 aliphatic rings. The van der Waals surface area contributed by atoms with Crippen molar-refractivity contribution in [2.24, 2.45) is 0 Å². The second-order valence-corrected chi connectivity index (χ2v) is 4.02. The first-order valence-electron chi connectivity index (χ1n) is 5.24. The Bertz CT molecular complexity index is 449. The van der Waals surface area contributed by atoms with E-state index in [1.165, 1.54) is 22.4 Å². The molecule has 0 saturated heterocycles. The second kappa shape index (κ2) is 6.45. The van der Waals surface area contributed by atoms with Gasteiger partial charge in [0, 0.05) is 17.8 Å². The van der Waals surface area contributed by atoms with Gasteiger partial charge >= 0.3 is 0 Å². The molecule has 0 saturated carbocycles. The summed E-state index contributed by atoms with van der Waals surface area (Å²) in [6.07, 6.45) is 3.63. The standard InChI is InChI=1S/C13H16N2.CH4.ClH/c1-9-5-4-6-12(10(9)2)11(3)13-7-14-8-15-13;;/h4-8,11H,1-3H3,(H,14,15);1H4;1H. The predicted molar refractivity (Wildman–Crippen MR) is 76.0 cm³/mol. The van der Waals surface area contributed by atoms with E-state index in [0.717, 1.165) is 0 Å². The van der Waals surface area contributed by atoms with Crippen LogP contribution in [0.1, 0.15) is 42.7 Å². The minimum absolute atomic E-state index is 0. The monoisotopic (exact) mass is 252 g/mol. The first kappa shape index (κ1) is 15.7. The molecule has 0 amide bonds. The van der Waals surface area contributed by atoms with E-state index in [0.29, 0.717) is 5.92 Å². The van der Waals surface area contributed by atoms with E-state index in [2.05, 4.69) is 48.9 Å². The molecule has 1 aromatic carbocycles. The number of hydrogen-bond donors (Lipinski definition) is 1. The molecule has 17 heavy (non-hydrogen) atoms. The molecule has 2 nitrogen and oxygen atoms in total. The lowest BCUT2D eigenvalue weighted by atomic mass is 9.92. The van der Waals surface area contributed by atoms with Crippen LogP contribution in [-0.2, 0) is 0 Å². The van der Waals surface area contributed by atoms with Crippen molar-refractivity contribution >= 4 is 12.4 Å². The second-order valence-electron chi connectivity index (χ2n) is 4.02. The maximum atomic E-state index is 4.07. The molecule has 0 spiro atoms. The number of nitrogens with one attached hydrogen (secondary N) is 1. The van der Waals surface area contributed by atoms with Gasteiger partial charge in [0.25, 0.3) is 0 Å². The smallest absolute Gasteiger partial charge is 0.0921 e. The number of nitrogens with zero attached hydrogens (tertiary/aromatic N) is 1. The average Bonchev–Trinajstić information content (AvgIpc) is 2.74. The molecule has 1 atom stereocenters. The van der Waals surface area contributed by atoms with Crippen molar-refractivity contribution in [2.45, 2.75) is 34.1 Å². The van der Waals surface area contributed by atoms with Crippen LogP contribution in [0.2, 0.25) is 0 Å². The Morgan fingerprint density at radius 3 is 2.53 bits per heavy atom. The molecule has 1 N–H and O–H groups in total. The Hall–Kier alpha value is -1.28. The molecule has 0 radical (unpaired) electrons. The number of halogens is 1. The van der Waals surface area contributed by atoms with Crippen LogP contribution in [-0.4, -0.2) is 9.97 Å². The maximum Gasteiger partial charge on any atom is 0.0921 e. The van der Waals surface area contributed by atoms with E-state index in [1.54, 1.807) is 6.33 Å². The SMILES string of the molecule is C.Cc1cccc(C(C)c2cnc[nH]2)c1C.Cl. The zero-order valence-corrected chi connectivity index (χ0v) is 10.6. The van der Waals surface area contributed by atoms with Crippen molar-refractivity contribution in [3.8, 4) is 0 Å². The van der Waals surface area contributed by atoms with E-state index in [-0.39, 0.29) is 19.8 Å². The van der Waals surface area contributed by atoms with E-state index in [9.17, 15) is 0 Å². The summed E-state index contributed by atoms with van der Waals surface area (Å²) in [4.78, 5) is 7.24. The van der Waals surface area contributed by atoms with E-state index >= 15 is 0 Å². The average molecular weight is 253 g/mol. The van der Waals surface area contributed by atoms with Crippen LogP contribution in [0.25, 0.3) is 0 Å². The first-order chi connectivity index (χ1) is 7.20. The third kappa shape index (κ3) is 3.10. The van der Waals surface area contributed by atoms with Crippen LogP contribution in [0.15, 0.2) is 30.7 Å². The van der Waals surface area contributed by atoms with Crippen molar-refractivity contribution in [1.29, 1.82) is 0 Å². The van der Waals surface area contributed by atoms with Crippen LogP contribution >= 0.6 is 12.4 Å². The van der Waals surface area contributed by atoms with Crippen molar-refractivity contribution in [3.63, 3.8) is 0 Å². The van der Waals surface area contributed by atoms with Gasteiger partial charge in [0.1, 0.15) is 0 Å². The molecular formula is C14H21ClN2. The van der Waals surface area contributed by atoms with Crippen molar-refractivity contribution in [1.82, 2.24) is 9.97 Å². The number of rotatable bonds is 2. The molecule has 3 heteroatoms. The fourth-order valence-corrected chi connectivity index (χ4v) is 1.91. The van der Waals surface area contributed by atoms with Crippen molar-refractivity contribution in [2.75, 3.05) is 0 Å². The summed E-state index contributed by atoms with van der Waals surface area (Å²) in [6, 6.07) is 6.46. The highest BCUT2D eigenvalue weighted by Crippen LogP contribution is 2.26. The molecular weight excluding hydrogens is 232 g/mol. The Balaban J connectivity index is 0.00000128. The molecule has 0 aliphatic heterocycles. The van der Waals surface area contributed by atoms with E-state index in [4.69, 9.17) is 0 Å². The van der Waals surface area contributed by atoms with Gasteiger partial charge in [0.15, 0.2) is 0 Å². The topological polar surface area (TPSA) is 28.7 Å². The fourth-order valence-electron chi connectivity index (χ4n) is 1.91. The summed E-state index contributed by atoms with van der Waals surface area (Å²) < 4.78 is 0. The highest BCUT2D eigenvalue weighted by atomic mass is 35.5. The highest BCUT2D eigenvalue weighted by Gasteiger charge is 2.12. The Morgan fingerprint density at radius 1 is 1.24 bits per heavy atom. The zero-order chi connectivity index (χ0) is 10.8. The van der Waals surface area contributed by atoms with Crippen molar-refractivity contribution in [3.05, 3.63) is 53.1 Å². The lowest BCUT2D eigenvalue weighted by Gasteiger charge is -2.14. The Kier molecular flexibility index (Phi) is 5.97. The number of aromatic nitrogens is 2. The lowest BCUT2D eigenvalue weighted by Crippen LogP contribution is -2.00. The first-order valence-corrected chi connectivity index (χ1v) is 5.24. The normalized spacial score (nSPS) is 11.2. The molecule has 0 bridgehead atoms. The van der Waals surface area contributed by atoms with Gasteiger partial charge in [-0.1, -0.05) is 32.5 Å². The minimum Gasteiger partial charge on any atom is -0.348 e. The number of aryl methyl sites for hydroxylation is 1. The van der Waals surface area contributed by atoms with E-state index in [1.807, 2.05) is 6.20 Å². The van der Waals surface area contributed by atoms with Gasteiger partial charge in [0.2, 0.25) is 0 Å². The minimum atomic E-state index is 0. The summed E-state index contributed by atoms with van der Waals surface area (Å²) in [5, 5.41) is 0. The molecule has 1 aromatic heterocycles. The lowest BCUT2D eigenvalue weighted by molar-refractivity contribution is 0.871. The van der Waals surface area contributed by atoms with Crippen LogP contribution in [0.5, 0.6) is 0 Å². The van der Waals surface area contributed by atoms with Crippen LogP contribution < -0.4 is 0 Å². The summed E-state index contributed by atoms with van der Waals surface area (Å²) in [5.74, 6) is 0.382. The molecule has 94 valence electrons. The maximum absolute atomic E-state index is 4.07. The van der Waals surface area contributed by atoms with Crippen LogP contribution in [0.3, 0.4) is 0 Å². The largest absolute Gasteiger partial charge is 0.348 e. The van der Waals surface area contributed by atoms with Crippen LogP contribution in [0, 0.1) is 13.8 Å². The van der Waals surface area contributed by atoms with Gasteiger partial charge in [-0.25, -0.2) is 4.98 Å². The number of benzene rings is 1. The third-order valence-electron chi connectivity index (χ3n) is 3.10. The van der Waals surface area contributed by atoms with E-state index < -0.39 is 0 Å². The summed E-state index contributed by atoms with van der Waals surface area (Å²) in [6.45, 7) is 6.53. The van der Waals surface area contributed by atoms with Gasteiger partial charge in [-0.05, 0) is 30.5 Å². The van der Waals surface area contributed by atoms with Gasteiger partial charge in [0.05, 0.1) is 6.33 Å². The van der Waals surface area contributed by atoms with Gasteiger partial charge < -0.3 is 4.98 Å². The molecule has 1 heterocycles. The number of imidazole rings is 1. The Labute approximate surface area is 110 Å².